The second-order valence-corrected chi connectivity index (χ2v) is 9.79. The van der Waals surface area contributed by atoms with Crippen molar-refractivity contribution < 1.29 is 18.7 Å². The molecule has 8 heteroatoms. The minimum atomic E-state index is -0.596. The Labute approximate surface area is 200 Å². The van der Waals surface area contributed by atoms with Gasteiger partial charge in [-0.1, -0.05) is 46.6 Å². The highest BCUT2D eigenvalue weighted by Crippen LogP contribution is 2.41. The van der Waals surface area contributed by atoms with E-state index in [1.807, 2.05) is 17.0 Å². The fourth-order valence-corrected chi connectivity index (χ4v) is 5.39. The summed E-state index contributed by atoms with van der Waals surface area (Å²) in [6.07, 6.45) is 0.0910. The van der Waals surface area contributed by atoms with Crippen molar-refractivity contribution in [2.75, 3.05) is 26.8 Å². The lowest BCUT2D eigenvalue weighted by atomic mass is 9.88. The molecule has 2 aliphatic heterocycles. The Morgan fingerprint density at radius 3 is 2.78 bits per heavy atom. The van der Waals surface area contributed by atoms with E-state index in [1.165, 1.54) is 17.7 Å². The predicted molar refractivity (Wildman–Crippen MR) is 124 cm³/mol. The summed E-state index contributed by atoms with van der Waals surface area (Å²) in [5, 5.41) is 0.0106. The van der Waals surface area contributed by atoms with E-state index in [4.69, 9.17) is 16.3 Å². The third kappa shape index (κ3) is 4.43. The Kier molecular flexibility index (Phi) is 6.89. The van der Waals surface area contributed by atoms with Gasteiger partial charge in [0.25, 0.3) is 0 Å². The number of hydrogen-bond donors (Lipinski definition) is 0. The number of methoxy groups -OCH3 is 1. The van der Waals surface area contributed by atoms with Crippen LogP contribution in [0.2, 0.25) is 5.02 Å². The minimum Gasteiger partial charge on any atom is -0.383 e. The molecule has 5 nitrogen and oxygen atoms in total. The van der Waals surface area contributed by atoms with Crippen molar-refractivity contribution in [1.29, 1.82) is 0 Å². The first-order chi connectivity index (χ1) is 15.3. The average Bonchev–Trinajstić information content (AvgIpc) is 3.09. The summed E-state index contributed by atoms with van der Waals surface area (Å²) in [6.45, 7) is 3.84. The largest absolute Gasteiger partial charge is 0.383 e. The van der Waals surface area contributed by atoms with Gasteiger partial charge in [0.05, 0.1) is 23.6 Å². The van der Waals surface area contributed by atoms with E-state index in [2.05, 4.69) is 28.9 Å². The number of hydrogen-bond acceptors (Lipinski definition) is 3. The highest BCUT2D eigenvalue weighted by Gasteiger charge is 2.46. The molecule has 3 atom stereocenters. The number of fused-ring (bicyclic) bond motifs is 1. The van der Waals surface area contributed by atoms with E-state index < -0.39 is 17.8 Å². The fraction of sp³-hybridized carbons (Fsp3) is 0.417. The van der Waals surface area contributed by atoms with E-state index >= 15 is 0 Å². The van der Waals surface area contributed by atoms with Crippen molar-refractivity contribution >= 4 is 39.3 Å². The van der Waals surface area contributed by atoms with Crippen LogP contribution in [0.3, 0.4) is 0 Å². The summed E-state index contributed by atoms with van der Waals surface area (Å²) in [6, 6.07) is 10.1. The molecule has 2 amide bonds. The summed E-state index contributed by atoms with van der Waals surface area (Å²) in [5.74, 6) is -1.19. The van der Waals surface area contributed by atoms with Crippen molar-refractivity contribution in [3.05, 3.63) is 68.4 Å². The first-order valence-corrected chi connectivity index (χ1v) is 11.8. The van der Waals surface area contributed by atoms with E-state index in [1.54, 1.807) is 18.1 Å². The van der Waals surface area contributed by atoms with E-state index in [9.17, 15) is 14.0 Å². The number of ether oxygens (including phenoxy) is 1. The summed E-state index contributed by atoms with van der Waals surface area (Å²) in [7, 11) is 1.56. The molecule has 2 heterocycles. The molecular formula is C24H25BrClFN2O3. The predicted octanol–water partition coefficient (Wildman–Crippen LogP) is 4.92. The zero-order chi connectivity index (χ0) is 23.0. The van der Waals surface area contributed by atoms with Gasteiger partial charge in [0.2, 0.25) is 11.8 Å². The van der Waals surface area contributed by atoms with Crippen LogP contribution in [-0.4, -0.2) is 48.4 Å². The monoisotopic (exact) mass is 522 g/mol. The third-order valence-corrected chi connectivity index (χ3v) is 7.17. The van der Waals surface area contributed by atoms with Crippen LogP contribution in [0.1, 0.15) is 42.0 Å². The molecule has 1 fully saturated rings. The molecule has 170 valence electrons. The zero-order valence-electron chi connectivity index (χ0n) is 18.0. The standard InChI is InChI=1S/C24H25BrClFN2O3/c1-14-12-28(13-16-9-17(25)4-5-18(14)16)24(31)19-11-22(30)29(7-8-32-2)23(19)15-3-6-20(26)21(27)10-15/h3-6,9-10,14,19,23H,7-8,11-13H2,1-2H3. The normalized spacial score (nSPS) is 22.9. The van der Waals surface area contributed by atoms with Crippen LogP contribution in [0.5, 0.6) is 0 Å². The van der Waals surface area contributed by atoms with Gasteiger partial charge < -0.3 is 14.5 Å². The molecule has 4 rings (SSSR count). The highest BCUT2D eigenvalue weighted by atomic mass is 79.9. The van der Waals surface area contributed by atoms with E-state index in [-0.39, 0.29) is 29.2 Å². The molecule has 2 aliphatic rings. The maximum absolute atomic E-state index is 14.3. The van der Waals surface area contributed by atoms with Gasteiger partial charge in [-0.2, -0.15) is 0 Å². The number of rotatable bonds is 5. The molecular weight excluding hydrogens is 499 g/mol. The molecule has 0 radical (unpaired) electrons. The Morgan fingerprint density at radius 2 is 2.06 bits per heavy atom. The van der Waals surface area contributed by atoms with Crippen molar-refractivity contribution in [3.8, 4) is 0 Å². The van der Waals surface area contributed by atoms with Gasteiger partial charge >= 0.3 is 0 Å². The Balaban J connectivity index is 1.66. The van der Waals surface area contributed by atoms with E-state index in [0.29, 0.717) is 31.8 Å². The second-order valence-electron chi connectivity index (χ2n) is 8.47. The smallest absolute Gasteiger partial charge is 0.228 e. The van der Waals surface area contributed by atoms with Gasteiger partial charge in [-0.25, -0.2) is 4.39 Å². The topological polar surface area (TPSA) is 49.9 Å². The molecule has 0 saturated carbocycles. The van der Waals surface area contributed by atoms with Crippen LogP contribution in [0, 0.1) is 11.7 Å². The van der Waals surface area contributed by atoms with Crippen molar-refractivity contribution in [3.63, 3.8) is 0 Å². The molecule has 3 unspecified atom stereocenters. The molecule has 2 aromatic rings. The van der Waals surface area contributed by atoms with Crippen LogP contribution < -0.4 is 0 Å². The van der Waals surface area contributed by atoms with Gasteiger partial charge in [0.15, 0.2) is 0 Å². The fourth-order valence-electron chi connectivity index (χ4n) is 4.87. The lowest BCUT2D eigenvalue weighted by Crippen LogP contribution is -2.43. The second kappa shape index (κ2) is 9.49. The van der Waals surface area contributed by atoms with Gasteiger partial charge in [-0.15, -0.1) is 0 Å². The molecule has 32 heavy (non-hydrogen) atoms. The highest BCUT2D eigenvalue weighted by molar-refractivity contribution is 9.10. The molecule has 0 N–H and O–H groups in total. The van der Waals surface area contributed by atoms with Gasteiger partial charge in [0.1, 0.15) is 5.82 Å². The molecule has 0 aromatic heterocycles. The van der Waals surface area contributed by atoms with E-state index in [0.717, 1.165) is 10.0 Å². The number of nitrogens with zero attached hydrogens (tertiary/aromatic N) is 2. The number of halogens is 3. The first-order valence-electron chi connectivity index (χ1n) is 10.6. The zero-order valence-corrected chi connectivity index (χ0v) is 20.3. The molecule has 0 aliphatic carbocycles. The van der Waals surface area contributed by atoms with Crippen molar-refractivity contribution in [1.82, 2.24) is 9.80 Å². The molecule has 2 aromatic carbocycles. The van der Waals surface area contributed by atoms with Crippen LogP contribution in [0.4, 0.5) is 4.39 Å². The maximum Gasteiger partial charge on any atom is 0.228 e. The number of amides is 2. The molecule has 0 spiro atoms. The SMILES string of the molecule is COCCN1C(=O)CC(C(=O)N2Cc3cc(Br)ccc3C(C)C2)C1c1ccc(Cl)c(F)c1. The Bertz CT molecular complexity index is 1050. The van der Waals surface area contributed by atoms with Gasteiger partial charge in [-0.05, 0) is 46.9 Å². The van der Waals surface area contributed by atoms with Gasteiger partial charge in [0, 0.05) is 37.6 Å². The lowest BCUT2D eigenvalue weighted by Gasteiger charge is -2.36. The summed E-state index contributed by atoms with van der Waals surface area (Å²) < 4.78 is 20.4. The Morgan fingerprint density at radius 1 is 1.28 bits per heavy atom. The van der Waals surface area contributed by atoms with Gasteiger partial charge in [-0.3, -0.25) is 9.59 Å². The first kappa shape index (κ1) is 23.2. The third-order valence-electron chi connectivity index (χ3n) is 6.37. The number of carbonyl (C=O) groups excluding carboxylic acids is 2. The summed E-state index contributed by atoms with van der Waals surface area (Å²) >= 11 is 9.39. The lowest BCUT2D eigenvalue weighted by molar-refractivity contribution is -0.137. The van der Waals surface area contributed by atoms with Crippen LogP contribution in [0.15, 0.2) is 40.9 Å². The molecule has 1 saturated heterocycles. The van der Waals surface area contributed by atoms with Crippen molar-refractivity contribution in [2.45, 2.75) is 31.8 Å². The average molecular weight is 524 g/mol. The minimum absolute atomic E-state index is 0.0106. The van der Waals surface area contributed by atoms with Crippen LogP contribution in [0.25, 0.3) is 0 Å². The van der Waals surface area contributed by atoms with Crippen LogP contribution >= 0.6 is 27.5 Å². The van der Waals surface area contributed by atoms with Crippen molar-refractivity contribution in [2.24, 2.45) is 5.92 Å². The number of likely N-dealkylation sites (tertiary alicyclic amines) is 1. The number of benzene rings is 2. The Hall–Kier alpha value is -1.96. The summed E-state index contributed by atoms with van der Waals surface area (Å²) in [4.78, 5) is 30.1. The summed E-state index contributed by atoms with van der Waals surface area (Å²) in [5.41, 5.74) is 2.90. The van der Waals surface area contributed by atoms with Crippen LogP contribution in [-0.2, 0) is 20.9 Å². The maximum atomic E-state index is 14.3. The quantitative estimate of drug-likeness (QED) is 0.559. The number of carbonyl (C=O) groups is 2. The molecule has 0 bridgehead atoms.